The molecule has 0 saturated heterocycles. The highest BCUT2D eigenvalue weighted by Gasteiger charge is 2.16. The van der Waals surface area contributed by atoms with Crippen LogP contribution in [-0.2, 0) is 9.53 Å². The molecule has 0 saturated carbocycles. The molecule has 3 amide bonds. The molecule has 0 fully saturated rings. The van der Waals surface area contributed by atoms with Crippen LogP contribution in [0.5, 0.6) is 0 Å². The number of nitrogens with one attached hydrogen (secondary N) is 2. The normalized spacial score (nSPS) is 10.5. The highest BCUT2D eigenvalue weighted by Crippen LogP contribution is 2.04. The summed E-state index contributed by atoms with van der Waals surface area (Å²) in [4.78, 5) is 45.1. The fourth-order valence-electron chi connectivity index (χ4n) is 1.45. The van der Waals surface area contributed by atoms with Gasteiger partial charge in [-0.25, -0.2) is 9.59 Å². The van der Waals surface area contributed by atoms with Crippen LogP contribution in [0.3, 0.4) is 0 Å². The molecule has 0 aliphatic carbocycles. The van der Waals surface area contributed by atoms with Crippen molar-refractivity contribution >= 4 is 24.2 Å². The van der Waals surface area contributed by atoms with E-state index in [-0.39, 0.29) is 5.56 Å². The molecule has 0 bridgehead atoms. The maximum atomic E-state index is 11.7. The second-order valence-corrected chi connectivity index (χ2v) is 5.57. The number of benzene rings is 1. The third-order valence-electron chi connectivity index (χ3n) is 2.36. The maximum absolute atomic E-state index is 11.7. The molecule has 2 N–H and O–H groups in total. The summed E-state index contributed by atoms with van der Waals surface area (Å²) in [5.74, 6) is -1.46. The molecule has 0 aromatic heterocycles. The maximum Gasteiger partial charge on any atom is 0.338 e. The molecular formula is C15H18N2O5. The second kappa shape index (κ2) is 7.35. The summed E-state index contributed by atoms with van der Waals surface area (Å²) in [5, 5.41) is 4.59. The average Bonchev–Trinajstić information content (AvgIpc) is 2.42. The van der Waals surface area contributed by atoms with Crippen molar-refractivity contribution in [3.05, 3.63) is 35.4 Å². The molecule has 1 rings (SSSR count). The molecule has 7 heteroatoms. The number of hydrogen-bond donors (Lipinski definition) is 2. The fraction of sp³-hybridized carbons (Fsp3) is 0.333. The Morgan fingerprint density at radius 3 is 2.23 bits per heavy atom. The molecule has 0 spiro atoms. The van der Waals surface area contributed by atoms with Crippen LogP contribution in [0.1, 0.15) is 41.5 Å². The van der Waals surface area contributed by atoms with Gasteiger partial charge in [0, 0.05) is 11.1 Å². The number of rotatable bonds is 4. The Morgan fingerprint density at radius 1 is 1.14 bits per heavy atom. The molecule has 22 heavy (non-hydrogen) atoms. The summed E-state index contributed by atoms with van der Waals surface area (Å²) >= 11 is 0. The first kappa shape index (κ1) is 17.4. The lowest BCUT2D eigenvalue weighted by atomic mass is 10.1. The van der Waals surface area contributed by atoms with Crippen molar-refractivity contribution in [3.63, 3.8) is 0 Å². The lowest BCUT2D eigenvalue weighted by Crippen LogP contribution is -2.49. The molecule has 7 nitrogen and oxygen atoms in total. The van der Waals surface area contributed by atoms with E-state index in [9.17, 15) is 19.2 Å². The van der Waals surface area contributed by atoms with E-state index >= 15 is 0 Å². The Kier molecular flexibility index (Phi) is 5.80. The van der Waals surface area contributed by atoms with E-state index in [1.165, 1.54) is 24.3 Å². The Hall–Kier alpha value is -2.70. The molecule has 1 aromatic carbocycles. The van der Waals surface area contributed by atoms with Crippen LogP contribution in [0.2, 0.25) is 0 Å². The van der Waals surface area contributed by atoms with Crippen molar-refractivity contribution in [1.29, 1.82) is 0 Å². The molecule has 1 aromatic rings. The van der Waals surface area contributed by atoms with Gasteiger partial charge in [-0.1, -0.05) is 12.1 Å². The summed E-state index contributed by atoms with van der Waals surface area (Å²) in [6.45, 7) is 4.71. The van der Waals surface area contributed by atoms with E-state index in [2.05, 4.69) is 5.32 Å². The van der Waals surface area contributed by atoms with Crippen LogP contribution in [0.4, 0.5) is 4.79 Å². The van der Waals surface area contributed by atoms with E-state index < -0.39 is 30.1 Å². The van der Waals surface area contributed by atoms with Gasteiger partial charge in [-0.05, 0) is 32.9 Å². The van der Waals surface area contributed by atoms with Gasteiger partial charge < -0.3 is 10.1 Å². The average molecular weight is 306 g/mol. The lowest BCUT2D eigenvalue weighted by Gasteiger charge is -2.20. The summed E-state index contributed by atoms with van der Waals surface area (Å²) in [7, 11) is 0. The van der Waals surface area contributed by atoms with Gasteiger partial charge in [0.05, 0.1) is 5.56 Å². The van der Waals surface area contributed by atoms with E-state index in [0.29, 0.717) is 11.8 Å². The highest BCUT2D eigenvalue weighted by molar-refractivity contribution is 5.97. The summed E-state index contributed by atoms with van der Waals surface area (Å²) < 4.78 is 4.78. The van der Waals surface area contributed by atoms with Gasteiger partial charge >= 0.3 is 12.0 Å². The van der Waals surface area contributed by atoms with Gasteiger partial charge in [-0.3, -0.25) is 14.9 Å². The zero-order valence-electron chi connectivity index (χ0n) is 12.6. The summed E-state index contributed by atoms with van der Waals surface area (Å²) in [6.07, 6.45) is 0.649. The van der Waals surface area contributed by atoms with Gasteiger partial charge in [0.15, 0.2) is 6.61 Å². The molecule has 0 radical (unpaired) electrons. The van der Waals surface area contributed by atoms with Crippen LogP contribution >= 0.6 is 0 Å². The molecular weight excluding hydrogens is 288 g/mol. The Morgan fingerprint density at radius 2 is 1.73 bits per heavy atom. The smallest absolute Gasteiger partial charge is 0.338 e. The molecule has 0 atom stereocenters. The van der Waals surface area contributed by atoms with Crippen LogP contribution < -0.4 is 10.6 Å². The fourth-order valence-corrected chi connectivity index (χ4v) is 1.45. The number of hydrogen-bond acceptors (Lipinski definition) is 5. The number of carbonyl (C=O) groups excluding carboxylic acids is 4. The number of amides is 3. The van der Waals surface area contributed by atoms with Crippen LogP contribution in [0, 0.1) is 0 Å². The zero-order valence-corrected chi connectivity index (χ0v) is 12.6. The van der Waals surface area contributed by atoms with Crippen molar-refractivity contribution in [3.8, 4) is 0 Å². The topological polar surface area (TPSA) is 102 Å². The van der Waals surface area contributed by atoms with E-state index in [4.69, 9.17) is 4.74 Å². The number of esters is 1. The predicted octanol–water partition coefficient (Wildman–Crippen LogP) is 1.28. The number of urea groups is 1. The minimum atomic E-state index is -0.736. The van der Waals surface area contributed by atoms with Crippen molar-refractivity contribution in [1.82, 2.24) is 10.6 Å². The largest absolute Gasteiger partial charge is 0.452 e. The van der Waals surface area contributed by atoms with Crippen LogP contribution in [0.15, 0.2) is 24.3 Å². The van der Waals surface area contributed by atoms with Crippen molar-refractivity contribution < 1.29 is 23.9 Å². The first-order valence-electron chi connectivity index (χ1n) is 6.55. The van der Waals surface area contributed by atoms with Gasteiger partial charge in [0.2, 0.25) is 0 Å². The third-order valence-corrected chi connectivity index (χ3v) is 2.36. The van der Waals surface area contributed by atoms with Crippen molar-refractivity contribution in [2.45, 2.75) is 26.3 Å². The second-order valence-electron chi connectivity index (χ2n) is 5.57. The summed E-state index contributed by atoms with van der Waals surface area (Å²) in [5.41, 5.74) is 0.146. The first-order chi connectivity index (χ1) is 10.2. The molecule has 0 heterocycles. The summed E-state index contributed by atoms with van der Waals surface area (Å²) in [6, 6.07) is 5.08. The number of ether oxygens (including phenoxy) is 1. The number of carbonyl (C=O) groups is 4. The minimum absolute atomic E-state index is 0.206. The molecule has 0 unspecified atom stereocenters. The molecule has 0 aliphatic heterocycles. The van der Waals surface area contributed by atoms with E-state index in [0.717, 1.165) is 0 Å². The number of imide groups is 1. The molecule has 118 valence electrons. The Bertz CT molecular complexity index is 573. The highest BCUT2D eigenvalue weighted by atomic mass is 16.5. The van der Waals surface area contributed by atoms with E-state index in [1.807, 2.05) is 5.32 Å². The minimum Gasteiger partial charge on any atom is -0.452 e. The Balaban J connectivity index is 2.44. The lowest BCUT2D eigenvalue weighted by molar-refractivity contribution is -0.123. The van der Waals surface area contributed by atoms with Crippen LogP contribution in [0.25, 0.3) is 0 Å². The van der Waals surface area contributed by atoms with Crippen molar-refractivity contribution in [2.24, 2.45) is 0 Å². The van der Waals surface area contributed by atoms with Gasteiger partial charge in [0.1, 0.15) is 6.29 Å². The standard InChI is InChI=1S/C15H18N2O5/c1-15(2,3)17-14(21)16-12(19)9-22-13(20)11-6-4-10(8-18)5-7-11/h4-8H,9H2,1-3H3,(H2,16,17,19,21). The zero-order chi connectivity index (χ0) is 16.8. The van der Waals surface area contributed by atoms with Crippen LogP contribution in [-0.4, -0.2) is 36.3 Å². The van der Waals surface area contributed by atoms with Gasteiger partial charge in [-0.2, -0.15) is 0 Å². The monoisotopic (exact) mass is 306 g/mol. The SMILES string of the molecule is CC(C)(C)NC(=O)NC(=O)COC(=O)c1ccc(C=O)cc1. The van der Waals surface area contributed by atoms with Gasteiger partial charge in [0.25, 0.3) is 5.91 Å². The van der Waals surface area contributed by atoms with Crippen molar-refractivity contribution in [2.75, 3.05) is 6.61 Å². The van der Waals surface area contributed by atoms with Gasteiger partial charge in [-0.15, -0.1) is 0 Å². The van der Waals surface area contributed by atoms with E-state index in [1.54, 1.807) is 20.8 Å². The first-order valence-corrected chi connectivity index (χ1v) is 6.55. The quantitative estimate of drug-likeness (QED) is 0.644. The Labute approximate surface area is 128 Å². The predicted molar refractivity (Wildman–Crippen MR) is 78.5 cm³/mol. The molecule has 0 aliphatic rings. The third kappa shape index (κ3) is 6.17. The number of aldehydes is 1.